The van der Waals surface area contributed by atoms with Crippen LogP contribution in [0.1, 0.15) is 66.7 Å². The summed E-state index contributed by atoms with van der Waals surface area (Å²) in [6.07, 6.45) is 4.89. The van der Waals surface area contributed by atoms with E-state index >= 15 is 0 Å². The van der Waals surface area contributed by atoms with E-state index in [2.05, 4.69) is 17.6 Å². The number of aliphatic hydroxyl groups excluding tert-OH is 1. The molecule has 30 heavy (non-hydrogen) atoms. The molecule has 1 aromatic carbocycles. The van der Waals surface area contributed by atoms with Gasteiger partial charge in [0.05, 0.1) is 18.2 Å². The van der Waals surface area contributed by atoms with Crippen molar-refractivity contribution in [2.45, 2.75) is 77.9 Å². The third-order valence-electron chi connectivity index (χ3n) is 4.29. The summed E-state index contributed by atoms with van der Waals surface area (Å²) >= 11 is 6.27. The molecule has 1 unspecified atom stereocenters. The molecule has 0 fully saturated rings. The lowest BCUT2D eigenvalue weighted by molar-refractivity contribution is -0.123. The van der Waals surface area contributed by atoms with Crippen LogP contribution in [0.4, 0.5) is 10.5 Å². The summed E-state index contributed by atoms with van der Waals surface area (Å²) in [5.74, 6) is -0.0570. The highest BCUT2D eigenvalue weighted by Gasteiger charge is 2.36. The van der Waals surface area contributed by atoms with Crippen LogP contribution in [0, 0.1) is 0 Å². The molecule has 1 rings (SSSR count). The second-order valence-corrected chi connectivity index (χ2v) is 8.89. The molecule has 0 bridgehead atoms. The minimum absolute atomic E-state index is 0.368. The summed E-state index contributed by atoms with van der Waals surface area (Å²) in [5, 5.41) is 15.1. The second-order valence-electron chi connectivity index (χ2n) is 8.48. The number of carbonyl (C=O) groups excluding carboxylic acids is 2. The Morgan fingerprint density at radius 1 is 1.10 bits per heavy atom. The molecule has 0 aliphatic rings. The first-order valence-corrected chi connectivity index (χ1v) is 10.7. The number of benzene rings is 1. The van der Waals surface area contributed by atoms with Gasteiger partial charge in [-0.3, -0.25) is 4.79 Å². The molecule has 0 aliphatic heterocycles. The van der Waals surface area contributed by atoms with Crippen molar-refractivity contribution in [3.63, 3.8) is 0 Å². The average Bonchev–Trinajstić information content (AvgIpc) is 2.64. The fourth-order valence-electron chi connectivity index (χ4n) is 2.55. The SMILES string of the molecule is CCCCCCCOc1ccc(NC(=O)C(C)(CO)NC(=O)OC(C)(C)C)cc1Cl. The lowest BCUT2D eigenvalue weighted by atomic mass is 10.0. The van der Waals surface area contributed by atoms with E-state index in [9.17, 15) is 14.7 Å². The maximum absolute atomic E-state index is 12.6. The molecule has 0 saturated carbocycles. The standard InChI is InChI=1S/C22H35ClN2O5/c1-6-7-8-9-10-13-29-18-12-11-16(14-17(18)23)24-19(27)22(5,15-26)25-20(28)30-21(2,3)4/h11-12,14,26H,6-10,13,15H2,1-5H3,(H,24,27)(H,25,28). The number of unbranched alkanes of at least 4 members (excludes halogenated alkanes) is 4. The van der Waals surface area contributed by atoms with Crippen molar-refractivity contribution in [1.82, 2.24) is 5.32 Å². The summed E-state index contributed by atoms with van der Waals surface area (Å²) in [5.41, 5.74) is -1.87. The van der Waals surface area contributed by atoms with Gasteiger partial charge in [-0.15, -0.1) is 0 Å². The van der Waals surface area contributed by atoms with Crippen LogP contribution in [0.5, 0.6) is 5.75 Å². The minimum atomic E-state index is -1.57. The summed E-state index contributed by atoms with van der Waals surface area (Å²) in [6, 6.07) is 4.90. The zero-order valence-corrected chi connectivity index (χ0v) is 19.4. The molecule has 0 spiro atoms. The van der Waals surface area contributed by atoms with Crippen LogP contribution in [0.25, 0.3) is 0 Å². The molecule has 0 saturated heterocycles. The first-order chi connectivity index (χ1) is 14.0. The van der Waals surface area contributed by atoms with Crippen LogP contribution >= 0.6 is 11.6 Å². The van der Waals surface area contributed by atoms with Gasteiger partial charge in [-0.1, -0.05) is 44.2 Å². The first kappa shape index (κ1) is 26.0. The van der Waals surface area contributed by atoms with E-state index in [0.717, 1.165) is 12.8 Å². The molecular weight excluding hydrogens is 408 g/mol. The van der Waals surface area contributed by atoms with Crippen molar-refractivity contribution < 1.29 is 24.2 Å². The van der Waals surface area contributed by atoms with Crippen molar-refractivity contribution in [2.75, 3.05) is 18.5 Å². The highest BCUT2D eigenvalue weighted by Crippen LogP contribution is 2.28. The summed E-state index contributed by atoms with van der Waals surface area (Å²) in [7, 11) is 0. The number of halogens is 1. The smallest absolute Gasteiger partial charge is 0.408 e. The van der Waals surface area contributed by atoms with E-state index in [1.165, 1.54) is 26.2 Å². The Morgan fingerprint density at radius 3 is 2.33 bits per heavy atom. The van der Waals surface area contributed by atoms with Crippen LogP contribution in [0.3, 0.4) is 0 Å². The van der Waals surface area contributed by atoms with E-state index in [1.54, 1.807) is 39.0 Å². The zero-order valence-electron chi connectivity index (χ0n) is 18.6. The number of nitrogens with one attached hydrogen (secondary N) is 2. The number of hydrogen-bond donors (Lipinski definition) is 3. The Bertz CT molecular complexity index is 705. The van der Waals surface area contributed by atoms with Crippen molar-refractivity contribution in [1.29, 1.82) is 0 Å². The van der Waals surface area contributed by atoms with Gasteiger partial charge in [-0.25, -0.2) is 4.79 Å². The maximum Gasteiger partial charge on any atom is 0.408 e. The third-order valence-corrected chi connectivity index (χ3v) is 4.58. The highest BCUT2D eigenvalue weighted by atomic mass is 35.5. The van der Waals surface area contributed by atoms with Gasteiger partial charge in [0.2, 0.25) is 0 Å². The number of anilines is 1. The molecule has 0 radical (unpaired) electrons. The Morgan fingerprint density at radius 2 is 1.77 bits per heavy atom. The summed E-state index contributed by atoms with van der Waals surface area (Å²) in [6.45, 7) is 8.68. The number of aliphatic hydroxyl groups is 1. The molecular formula is C22H35ClN2O5. The Hall–Kier alpha value is -1.99. The molecule has 3 N–H and O–H groups in total. The molecule has 2 amide bonds. The molecule has 0 aliphatic carbocycles. The van der Waals surface area contributed by atoms with Crippen molar-refractivity contribution in [3.8, 4) is 5.75 Å². The fourth-order valence-corrected chi connectivity index (χ4v) is 2.78. The van der Waals surface area contributed by atoms with Gasteiger partial charge in [0.25, 0.3) is 5.91 Å². The second kappa shape index (κ2) is 12.0. The lowest BCUT2D eigenvalue weighted by Gasteiger charge is -2.29. The number of hydrogen-bond acceptors (Lipinski definition) is 5. The molecule has 1 aromatic rings. The largest absolute Gasteiger partial charge is 0.492 e. The first-order valence-electron chi connectivity index (χ1n) is 10.4. The topological polar surface area (TPSA) is 96.9 Å². The van der Waals surface area contributed by atoms with Crippen molar-refractivity contribution in [2.24, 2.45) is 0 Å². The van der Waals surface area contributed by atoms with Gasteiger partial charge >= 0.3 is 6.09 Å². The van der Waals surface area contributed by atoms with Crippen molar-refractivity contribution >= 4 is 29.3 Å². The lowest BCUT2D eigenvalue weighted by Crippen LogP contribution is -2.58. The van der Waals surface area contributed by atoms with Crippen molar-refractivity contribution in [3.05, 3.63) is 23.2 Å². The highest BCUT2D eigenvalue weighted by molar-refractivity contribution is 6.32. The van der Waals surface area contributed by atoms with Gasteiger partial charge in [-0.05, 0) is 52.3 Å². The van der Waals surface area contributed by atoms with E-state index < -0.39 is 29.7 Å². The van der Waals surface area contributed by atoms with Gasteiger partial charge < -0.3 is 25.2 Å². The van der Waals surface area contributed by atoms with Crippen LogP contribution in [-0.2, 0) is 9.53 Å². The van der Waals surface area contributed by atoms with E-state index in [1.807, 2.05) is 0 Å². The number of ether oxygens (including phenoxy) is 2. The predicted molar refractivity (Wildman–Crippen MR) is 119 cm³/mol. The number of amides is 2. The molecule has 7 nitrogen and oxygen atoms in total. The van der Waals surface area contributed by atoms with Gasteiger partial charge in [0.1, 0.15) is 16.9 Å². The van der Waals surface area contributed by atoms with E-state index in [0.29, 0.717) is 23.1 Å². The zero-order chi connectivity index (χ0) is 22.8. The van der Waals surface area contributed by atoms with Gasteiger partial charge in [0, 0.05) is 5.69 Å². The van der Waals surface area contributed by atoms with Gasteiger partial charge in [0.15, 0.2) is 0 Å². The summed E-state index contributed by atoms with van der Waals surface area (Å²) < 4.78 is 10.9. The third kappa shape index (κ3) is 9.22. The van der Waals surface area contributed by atoms with E-state index in [-0.39, 0.29) is 0 Å². The van der Waals surface area contributed by atoms with Gasteiger partial charge in [-0.2, -0.15) is 0 Å². The normalized spacial score (nSPS) is 13.3. The van der Waals surface area contributed by atoms with Crippen LogP contribution in [0.15, 0.2) is 18.2 Å². The molecule has 170 valence electrons. The van der Waals surface area contributed by atoms with Crippen LogP contribution in [0.2, 0.25) is 5.02 Å². The number of carbonyl (C=O) groups is 2. The molecule has 8 heteroatoms. The minimum Gasteiger partial charge on any atom is -0.492 e. The number of alkyl carbamates (subject to hydrolysis) is 1. The monoisotopic (exact) mass is 442 g/mol. The fraction of sp³-hybridized carbons (Fsp3) is 0.636. The molecule has 1 atom stereocenters. The molecule has 0 heterocycles. The Kier molecular flexibility index (Phi) is 10.4. The maximum atomic E-state index is 12.6. The Labute approximate surface area is 184 Å². The average molecular weight is 443 g/mol. The van der Waals surface area contributed by atoms with Crippen LogP contribution in [-0.4, -0.2) is 41.5 Å². The quantitative estimate of drug-likeness (QED) is 0.423. The van der Waals surface area contributed by atoms with E-state index in [4.69, 9.17) is 21.1 Å². The summed E-state index contributed by atoms with van der Waals surface area (Å²) in [4.78, 5) is 24.7. The van der Waals surface area contributed by atoms with Crippen LogP contribution < -0.4 is 15.4 Å². The molecule has 0 aromatic heterocycles. The Balaban J connectivity index is 2.66. The number of rotatable bonds is 11. The predicted octanol–water partition coefficient (Wildman–Crippen LogP) is 4.90.